The van der Waals surface area contributed by atoms with Gasteiger partial charge in [0.25, 0.3) is 0 Å². The van der Waals surface area contributed by atoms with Crippen LogP contribution in [0.4, 0.5) is 5.95 Å². The SMILES string of the molecule is C[C@H](Nc1ncc2c(n1)CN(C(=O)[C@H]1CCN(C)C[C@@H]1c1ccccc1)[C@H](C)C2)c1ccn(C)n1. The summed E-state index contributed by atoms with van der Waals surface area (Å²) < 4.78 is 1.79. The van der Waals surface area contributed by atoms with Gasteiger partial charge in [0.2, 0.25) is 11.9 Å². The van der Waals surface area contributed by atoms with Crippen LogP contribution in [-0.2, 0) is 24.8 Å². The number of nitrogens with zero attached hydrogens (tertiary/aromatic N) is 6. The summed E-state index contributed by atoms with van der Waals surface area (Å²) in [5.74, 6) is 1.02. The molecule has 5 rings (SSSR count). The maximum Gasteiger partial charge on any atom is 0.227 e. The van der Waals surface area contributed by atoms with Gasteiger partial charge in [-0.15, -0.1) is 0 Å². The van der Waals surface area contributed by atoms with Crippen LogP contribution < -0.4 is 5.32 Å². The van der Waals surface area contributed by atoms with Gasteiger partial charge in [-0.3, -0.25) is 9.48 Å². The van der Waals surface area contributed by atoms with Crippen molar-refractivity contribution in [2.75, 3.05) is 25.5 Å². The fourth-order valence-corrected chi connectivity index (χ4v) is 5.45. The number of nitrogens with one attached hydrogen (secondary N) is 1. The van der Waals surface area contributed by atoms with Gasteiger partial charge >= 0.3 is 0 Å². The highest BCUT2D eigenvalue weighted by Gasteiger charge is 2.39. The van der Waals surface area contributed by atoms with E-state index in [4.69, 9.17) is 4.98 Å². The maximum atomic E-state index is 14.0. The smallest absolute Gasteiger partial charge is 0.227 e. The summed E-state index contributed by atoms with van der Waals surface area (Å²) in [5, 5.41) is 7.84. The number of carbonyl (C=O) groups excluding carboxylic acids is 1. The first-order chi connectivity index (χ1) is 16.9. The molecule has 0 saturated carbocycles. The predicted molar refractivity (Wildman–Crippen MR) is 136 cm³/mol. The van der Waals surface area contributed by atoms with Gasteiger partial charge in [0.15, 0.2) is 0 Å². The number of rotatable bonds is 5. The minimum atomic E-state index is -0.0136. The number of hydrogen-bond acceptors (Lipinski definition) is 6. The highest BCUT2D eigenvalue weighted by Crippen LogP contribution is 2.35. The van der Waals surface area contributed by atoms with Crippen LogP contribution in [0.1, 0.15) is 54.7 Å². The molecule has 35 heavy (non-hydrogen) atoms. The average Bonchev–Trinajstić information content (AvgIpc) is 3.30. The highest BCUT2D eigenvalue weighted by molar-refractivity contribution is 5.80. The normalized spacial score (nSPS) is 23.5. The highest BCUT2D eigenvalue weighted by atomic mass is 16.2. The van der Waals surface area contributed by atoms with Crippen LogP contribution in [0.3, 0.4) is 0 Å². The molecule has 0 unspecified atom stereocenters. The van der Waals surface area contributed by atoms with Crippen LogP contribution >= 0.6 is 0 Å². The van der Waals surface area contributed by atoms with Crippen LogP contribution in [0.2, 0.25) is 0 Å². The van der Waals surface area contributed by atoms with E-state index in [1.54, 1.807) is 4.68 Å². The number of amides is 1. The van der Waals surface area contributed by atoms with Gasteiger partial charge in [0, 0.05) is 43.9 Å². The first kappa shape index (κ1) is 23.5. The minimum absolute atomic E-state index is 0.0128. The fourth-order valence-electron chi connectivity index (χ4n) is 5.45. The summed E-state index contributed by atoms with van der Waals surface area (Å²) in [6, 6.07) is 12.6. The molecule has 1 aromatic carbocycles. The van der Waals surface area contributed by atoms with Crippen LogP contribution in [-0.4, -0.2) is 61.6 Å². The van der Waals surface area contributed by atoms with Gasteiger partial charge in [0.1, 0.15) is 0 Å². The molecule has 4 atom stereocenters. The van der Waals surface area contributed by atoms with Crippen molar-refractivity contribution in [3.63, 3.8) is 0 Å². The molecule has 8 nitrogen and oxygen atoms in total. The standard InChI is InChI=1S/C27H35N7O/c1-18-14-21-15-28-27(29-19(2)24-11-13-33(4)31-24)30-25(21)17-34(18)26(35)22-10-12-32(3)16-23(22)20-8-6-5-7-9-20/h5-9,11,13,15,18-19,22-23H,10,12,14,16-17H2,1-4H3,(H,28,29,30)/t18-,19+,22+,23-/m1/s1. The van der Waals surface area contributed by atoms with Crippen molar-refractivity contribution in [1.29, 1.82) is 0 Å². The molecule has 1 N–H and O–H groups in total. The van der Waals surface area contributed by atoms with Crippen molar-refractivity contribution in [3.8, 4) is 0 Å². The van der Waals surface area contributed by atoms with Crippen molar-refractivity contribution in [2.45, 2.75) is 51.2 Å². The summed E-state index contributed by atoms with van der Waals surface area (Å²) in [6.07, 6.45) is 5.50. The van der Waals surface area contributed by atoms with Crippen LogP contribution in [0.5, 0.6) is 0 Å². The first-order valence-electron chi connectivity index (χ1n) is 12.5. The molecule has 8 heteroatoms. The summed E-state index contributed by atoms with van der Waals surface area (Å²) in [5.41, 5.74) is 4.25. The Bertz CT molecular complexity index is 1180. The molecule has 2 aromatic heterocycles. The molecule has 0 radical (unpaired) electrons. The van der Waals surface area contributed by atoms with E-state index < -0.39 is 0 Å². The van der Waals surface area contributed by atoms with Crippen molar-refractivity contribution < 1.29 is 4.79 Å². The molecule has 0 aliphatic carbocycles. The summed E-state index contributed by atoms with van der Waals surface area (Å²) in [7, 11) is 4.05. The van der Waals surface area contributed by atoms with Gasteiger partial charge in [-0.1, -0.05) is 30.3 Å². The lowest BCUT2D eigenvalue weighted by Crippen LogP contribution is -2.50. The number of carbonyl (C=O) groups is 1. The van der Waals surface area contributed by atoms with Crippen LogP contribution in [0.25, 0.3) is 0 Å². The molecule has 1 amide bonds. The number of fused-ring (bicyclic) bond motifs is 1. The summed E-state index contributed by atoms with van der Waals surface area (Å²) in [6.45, 7) is 6.56. The minimum Gasteiger partial charge on any atom is -0.346 e. The molecular weight excluding hydrogens is 438 g/mol. The fraction of sp³-hybridized carbons (Fsp3) is 0.481. The molecule has 1 saturated heterocycles. The van der Waals surface area contributed by atoms with E-state index >= 15 is 0 Å². The van der Waals surface area contributed by atoms with E-state index in [0.29, 0.717) is 12.5 Å². The Balaban J connectivity index is 1.34. The van der Waals surface area contributed by atoms with Gasteiger partial charge in [-0.2, -0.15) is 5.10 Å². The molecule has 3 aromatic rings. The number of anilines is 1. The van der Waals surface area contributed by atoms with Gasteiger partial charge in [0.05, 0.1) is 24.0 Å². The second-order valence-corrected chi connectivity index (χ2v) is 10.1. The van der Waals surface area contributed by atoms with E-state index in [2.05, 4.69) is 58.5 Å². The number of piperidine rings is 1. The Morgan fingerprint density at radius 2 is 1.97 bits per heavy atom. The molecule has 2 aliphatic rings. The zero-order valence-electron chi connectivity index (χ0n) is 21.1. The first-order valence-corrected chi connectivity index (χ1v) is 12.5. The van der Waals surface area contributed by atoms with Gasteiger partial charge in [-0.25, -0.2) is 9.97 Å². The van der Waals surface area contributed by atoms with Gasteiger partial charge < -0.3 is 15.1 Å². The van der Waals surface area contributed by atoms with Crippen molar-refractivity contribution >= 4 is 11.9 Å². The summed E-state index contributed by atoms with van der Waals surface area (Å²) in [4.78, 5) is 27.7. The Labute approximate surface area is 207 Å². The molecule has 0 spiro atoms. The Hall–Kier alpha value is -3.26. The number of benzene rings is 1. The molecule has 184 valence electrons. The largest absolute Gasteiger partial charge is 0.346 e. The zero-order chi connectivity index (χ0) is 24.5. The molecule has 0 bridgehead atoms. The lowest BCUT2D eigenvalue weighted by atomic mass is 9.79. The molecule has 1 fully saturated rings. The van der Waals surface area contributed by atoms with E-state index in [9.17, 15) is 4.79 Å². The van der Waals surface area contributed by atoms with E-state index in [0.717, 1.165) is 42.9 Å². The van der Waals surface area contributed by atoms with E-state index in [1.807, 2.05) is 43.4 Å². The number of likely N-dealkylation sites (tertiary alicyclic amines) is 1. The Morgan fingerprint density at radius 1 is 1.17 bits per heavy atom. The second-order valence-electron chi connectivity index (χ2n) is 10.1. The van der Waals surface area contributed by atoms with E-state index in [-0.39, 0.29) is 29.8 Å². The molecule has 2 aliphatic heterocycles. The number of aryl methyl sites for hydroxylation is 1. The monoisotopic (exact) mass is 473 g/mol. The molecular formula is C27H35N7O. The van der Waals surface area contributed by atoms with Crippen molar-refractivity contribution in [2.24, 2.45) is 13.0 Å². The lowest BCUT2D eigenvalue weighted by Gasteiger charge is -2.42. The van der Waals surface area contributed by atoms with Gasteiger partial charge in [-0.05, 0) is 57.5 Å². The van der Waals surface area contributed by atoms with Crippen LogP contribution in [0.15, 0.2) is 48.8 Å². The Morgan fingerprint density at radius 3 is 2.71 bits per heavy atom. The van der Waals surface area contributed by atoms with Crippen molar-refractivity contribution in [1.82, 2.24) is 29.5 Å². The number of hydrogen-bond donors (Lipinski definition) is 1. The zero-order valence-corrected chi connectivity index (χ0v) is 21.1. The second kappa shape index (κ2) is 9.77. The third-order valence-corrected chi connectivity index (χ3v) is 7.49. The number of likely N-dealkylation sites (N-methyl/N-ethyl adjacent to an activating group) is 1. The number of aromatic nitrogens is 4. The topological polar surface area (TPSA) is 79.2 Å². The third-order valence-electron chi connectivity index (χ3n) is 7.49. The quantitative estimate of drug-likeness (QED) is 0.612. The van der Waals surface area contributed by atoms with Crippen molar-refractivity contribution in [3.05, 3.63) is 71.3 Å². The average molecular weight is 474 g/mol. The summed E-state index contributed by atoms with van der Waals surface area (Å²) >= 11 is 0. The van der Waals surface area contributed by atoms with Crippen LogP contribution in [0, 0.1) is 5.92 Å². The molecule has 4 heterocycles. The predicted octanol–water partition coefficient (Wildman–Crippen LogP) is 3.39. The Kier molecular flexibility index (Phi) is 6.56. The lowest BCUT2D eigenvalue weighted by molar-refractivity contribution is -0.141. The third kappa shape index (κ3) is 4.93. The van der Waals surface area contributed by atoms with E-state index in [1.165, 1.54) is 5.56 Å². The maximum absolute atomic E-state index is 14.0.